The summed E-state index contributed by atoms with van der Waals surface area (Å²) in [6, 6.07) is 0.326. The Kier molecular flexibility index (Phi) is 3.29. The molecule has 110 valence electrons. The molecule has 1 aromatic heterocycles. The molecule has 4 heteroatoms. The molecule has 1 saturated heterocycles. The third kappa shape index (κ3) is 2.09. The summed E-state index contributed by atoms with van der Waals surface area (Å²) in [7, 11) is 0. The van der Waals surface area contributed by atoms with Crippen LogP contribution in [-0.4, -0.2) is 16.7 Å². The van der Waals surface area contributed by atoms with Gasteiger partial charge >= 0.3 is 0 Å². The van der Waals surface area contributed by atoms with Crippen LogP contribution in [0.4, 0.5) is 0 Å². The largest absolute Gasteiger partial charge is 0.338 e. The van der Waals surface area contributed by atoms with Gasteiger partial charge in [-0.1, -0.05) is 24.9 Å². The van der Waals surface area contributed by atoms with Crippen molar-refractivity contribution in [3.05, 3.63) is 11.7 Å². The van der Waals surface area contributed by atoms with E-state index in [1.165, 1.54) is 44.9 Å². The third-order valence-electron chi connectivity index (χ3n) is 5.95. The molecule has 5 unspecified atom stereocenters. The summed E-state index contributed by atoms with van der Waals surface area (Å²) < 4.78 is 5.61. The molecule has 2 saturated carbocycles. The minimum atomic E-state index is 0.326. The van der Waals surface area contributed by atoms with Gasteiger partial charge in [0.05, 0.1) is 6.04 Å². The Hall–Kier alpha value is -0.900. The molecule has 2 heterocycles. The topological polar surface area (TPSA) is 51.0 Å². The molecule has 1 aromatic rings. The number of hydrogen-bond donors (Lipinski definition) is 1. The maximum atomic E-state index is 5.61. The van der Waals surface area contributed by atoms with Crippen molar-refractivity contribution in [1.82, 2.24) is 15.5 Å². The second-order valence-electron chi connectivity index (χ2n) is 7.02. The van der Waals surface area contributed by atoms with E-state index in [1.807, 2.05) is 0 Å². The van der Waals surface area contributed by atoms with Crippen molar-refractivity contribution in [3.8, 4) is 0 Å². The van der Waals surface area contributed by atoms with Crippen molar-refractivity contribution in [2.75, 3.05) is 6.54 Å². The van der Waals surface area contributed by atoms with E-state index in [9.17, 15) is 0 Å². The molecule has 4 nitrogen and oxygen atoms in total. The molecular formula is C16H25N3O. The number of nitrogens with one attached hydrogen (secondary N) is 1. The quantitative estimate of drug-likeness (QED) is 0.918. The number of aromatic nitrogens is 2. The summed E-state index contributed by atoms with van der Waals surface area (Å²) in [6.07, 6.45) is 9.17. The van der Waals surface area contributed by atoms with Crippen molar-refractivity contribution in [1.29, 1.82) is 0 Å². The molecule has 1 N–H and O–H groups in total. The first-order chi connectivity index (χ1) is 9.85. The Labute approximate surface area is 120 Å². The lowest BCUT2D eigenvalue weighted by Gasteiger charge is -2.13. The average Bonchev–Trinajstić information content (AvgIpc) is 3.20. The third-order valence-corrected chi connectivity index (χ3v) is 5.95. The highest BCUT2D eigenvalue weighted by atomic mass is 16.5. The van der Waals surface area contributed by atoms with Gasteiger partial charge in [-0.2, -0.15) is 4.98 Å². The van der Waals surface area contributed by atoms with Gasteiger partial charge in [-0.25, -0.2) is 0 Å². The number of fused-ring (bicyclic) bond motifs is 1. The van der Waals surface area contributed by atoms with Gasteiger partial charge in [0.1, 0.15) is 0 Å². The Bertz CT molecular complexity index is 472. The van der Waals surface area contributed by atoms with Crippen LogP contribution in [0.5, 0.6) is 0 Å². The molecule has 5 atom stereocenters. The number of hydrogen-bond acceptors (Lipinski definition) is 4. The Morgan fingerprint density at radius 1 is 1.25 bits per heavy atom. The molecule has 4 rings (SSSR count). The fraction of sp³-hybridized carbons (Fsp3) is 0.875. The highest BCUT2D eigenvalue weighted by Gasteiger charge is 2.42. The van der Waals surface area contributed by atoms with E-state index in [1.54, 1.807) is 0 Å². The molecule has 2 aliphatic carbocycles. The normalized spacial score (nSPS) is 40.4. The van der Waals surface area contributed by atoms with E-state index < -0.39 is 0 Å². The summed E-state index contributed by atoms with van der Waals surface area (Å²) in [5.41, 5.74) is 0. The molecule has 0 radical (unpaired) electrons. The second kappa shape index (κ2) is 5.14. The van der Waals surface area contributed by atoms with Crippen molar-refractivity contribution < 1.29 is 4.52 Å². The lowest BCUT2D eigenvalue weighted by atomic mass is 9.94. The smallest absolute Gasteiger partial charge is 0.244 e. The zero-order valence-electron chi connectivity index (χ0n) is 12.3. The van der Waals surface area contributed by atoms with Gasteiger partial charge in [-0.3, -0.25) is 0 Å². The molecule has 0 amide bonds. The zero-order chi connectivity index (χ0) is 13.5. The first-order valence-electron chi connectivity index (χ1n) is 8.42. The fourth-order valence-electron chi connectivity index (χ4n) is 4.68. The van der Waals surface area contributed by atoms with E-state index in [4.69, 9.17) is 9.51 Å². The van der Waals surface area contributed by atoms with Gasteiger partial charge in [0.25, 0.3) is 0 Å². The summed E-state index contributed by atoms with van der Waals surface area (Å²) >= 11 is 0. The molecule has 0 aromatic carbocycles. The van der Waals surface area contributed by atoms with Gasteiger partial charge in [0.15, 0.2) is 5.82 Å². The van der Waals surface area contributed by atoms with Gasteiger partial charge in [-0.15, -0.1) is 0 Å². The van der Waals surface area contributed by atoms with E-state index >= 15 is 0 Å². The fourth-order valence-corrected chi connectivity index (χ4v) is 4.68. The van der Waals surface area contributed by atoms with Crippen LogP contribution in [0, 0.1) is 17.8 Å². The van der Waals surface area contributed by atoms with Crippen LogP contribution in [0.25, 0.3) is 0 Å². The zero-order valence-corrected chi connectivity index (χ0v) is 12.3. The molecular weight excluding hydrogens is 250 g/mol. The monoisotopic (exact) mass is 275 g/mol. The summed E-state index contributed by atoms with van der Waals surface area (Å²) in [5.74, 6) is 4.80. The van der Waals surface area contributed by atoms with Gasteiger partial charge in [0, 0.05) is 5.92 Å². The van der Waals surface area contributed by atoms with E-state index in [-0.39, 0.29) is 0 Å². The van der Waals surface area contributed by atoms with Crippen LogP contribution in [0.2, 0.25) is 0 Å². The molecule has 3 fully saturated rings. The molecule has 0 spiro atoms. The second-order valence-corrected chi connectivity index (χ2v) is 7.02. The minimum Gasteiger partial charge on any atom is -0.338 e. The van der Waals surface area contributed by atoms with Crippen molar-refractivity contribution in [2.45, 2.75) is 63.8 Å². The first kappa shape index (κ1) is 12.8. The van der Waals surface area contributed by atoms with E-state index in [2.05, 4.69) is 17.4 Å². The van der Waals surface area contributed by atoms with E-state index in [0.717, 1.165) is 36.0 Å². The Balaban J connectivity index is 1.48. The van der Waals surface area contributed by atoms with Crippen molar-refractivity contribution in [3.63, 3.8) is 0 Å². The van der Waals surface area contributed by atoms with Gasteiger partial charge < -0.3 is 9.84 Å². The predicted octanol–water partition coefficient (Wildman–Crippen LogP) is 3.42. The van der Waals surface area contributed by atoms with Crippen LogP contribution in [0.15, 0.2) is 4.52 Å². The highest BCUT2D eigenvalue weighted by Crippen LogP contribution is 2.44. The van der Waals surface area contributed by atoms with E-state index in [0.29, 0.717) is 12.0 Å². The lowest BCUT2D eigenvalue weighted by molar-refractivity contribution is 0.299. The highest BCUT2D eigenvalue weighted by molar-refractivity contribution is 5.06. The van der Waals surface area contributed by atoms with Crippen LogP contribution in [0.1, 0.15) is 75.5 Å². The summed E-state index contributed by atoms with van der Waals surface area (Å²) in [5, 5.41) is 7.90. The predicted molar refractivity (Wildman–Crippen MR) is 76.2 cm³/mol. The SMILES string of the molecule is CCC1CCC(c2noc(C3NCC4CCCC43)n2)C1. The Morgan fingerprint density at radius 3 is 3.05 bits per heavy atom. The molecule has 0 bridgehead atoms. The van der Waals surface area contributed by atoms with Gasteiger partial charge in [0.2, 0.25) is 5.89 Å². The molecule has 20 heavy (non-hydrogen) atoms. The van der Waals surface area contributed by atoms with Crippen molar-refractivity contribution in [2.24, 2.45) is 17.8 Å². The maximum absolute atomic E-state index is 5.61. The number of nitrogens with zero attached hydrogens (tertiary/aromatic N) is 2. The maximum Gasteiger partial charge on any atom is 0.244 e. The van der Waals surface area contributed by atoms with Crippen LogP contribution in [-0.2, 0) is 0 Å². The summed E-state index contributed by atoms with van der Waals surface area (Å²) in [6.45, 7) is 3.42. The minimum absolute atomic E-state index is 0.326. The number of rotatable bonds is 3. The molecule has 3 aliphatic rings. The van der Waals surface area contributed by atoms with Gasteiger partial charge in [-0.05, 0) is 56.4 Å². The van der Waals surface area contributed by atoms with Crippen LogP contribution in [0.3, 0.4) is 0 Å². The Morgan fingerprint density at radius 2 is 2.20 bits per heavy atom. The first-order valence-corrected chi connectivity index (χ1v) is 8.42. The van der Waals surface area contributed by atoms with Crippen molar-refractivity contribution >= 4 is 0 Å². The van der Waals surface area contributed by atoms with Crippen LogP contribution >= 0.6 is 0 Å². The van der Waals surface area contributed by atoms with Crippen LogP contribution < -0.4 is 5.32 Å². The average molecular weight is 275 g/mol. The lowest BCUT2D eigenvalue weighted by Crippen LogP contribution is -2.18. The molecule has 1 aliphatic heterocycles. The summed E-state index contributed by atoms with van der Waals surface area (Å²) in [4.78, 5) is 4.76. The standard InChI is InChI=1S/C16H25N3O/c1-2-10-6-7-11(8-10)15-18-16(20-19-15)14-13-5-3-4-12(13)9-17-14/h10-14,17H,2-9H2,1H3.